The zero-order valence-corrected chi connectivity index (χ0v) is 9.36. The topological polar surface area (TPSA) is 64.8 Å². The van der Waals surface area contributed by atoms with Crippen molar-refractivity contribution in [2.24, 2.45) is 5.92 Å². The molecule has 0 radical (unpaired) electrons. The van der Waals surface area contributed by atoms with E-state index in [1.165, 1.54) is 31.9 Å². The van der Waals surface area contributed by atoms with Gasteiger partial charge in [-0.1, -0.05) is 19.3 Å². The number of aromatic nitrogens is 3. The van der Waals surface area contributed by atoms with Crippen molar-refractivity contribution in [3.8, 4) is 0 Å². The first-order chi connectivity index (χ1) is 7.18. The Labute approximate surface area is 89.6 Å². The predicted octanol–water partition coefficient (Wildman–Crippen LogP) is 1.04. The highest BCUT2D eigenvalue weighted by Crippen LogP contribution is 2.30. The summed E-state index contributed by atoms with van der Waals surface area (Å²) in [7, 11) is -3.25. The lowest BCUT2D eigenvalue weighted by Gasteiger charge is -2.24. The number of nitrogens with zero attached hydrogens (tertiary/aromatic N) is 3. The smallest absolute Gasteiger partial charge is 0.222 e. The lowest BCUT2D eigenvalue weighted by Crippen LogP contribution is -2.19. The van der Waals surface area contributed by atoms with Gasteiger partial charge in [0.15, 0.2) is 0 Å². The van der Waals surface area contributed by atoms with Gasteiger partial charge in [0.2, 0.25) is 0 Å². The van der Waals surface area contributed by atoms with Crippen LogP contribution in [-0.2, 0) is 10.0 Å². The van der Waals surface area contributed by atoms with E-state index in [9.17, 15) is 8.42 Å². The summed E-state index contributed by atoms with van der Waals surface area (Å²) in [4.78, 5) is 3.63. The summed E-state index contributed by atoms with van der Waals surface area (Å²) in [5.74, 6) is 0.934. The summed E-state index contributed by atoms with van der Waals surface area (Å²) in [6.07, 6.45) is 8.07. The second kappa shape index (κ2) is 4.30. The third-order valence-corrected chi connectivity index (χ3v) is 4.49. The molecule has 0 aromatic carbocycles. The molecule has 1 aromatic heterocycles. The molecule has 0 unspecified atom stereocenters. The molecule has 0 amide bonds. The van der Waals surface area contributed by atoms with Crippen molar-refractivity contribution < 1.29 is 8.42 Å². The summed E-state index contributed by atoms with van der Waals surface area (Å²) in [6.45, 7) is 0. The van der Waals surface area contributed by atoms with Crippen LogP contribution >= 0.6 is 0 Å². The Hall–Kier alpha value is -0.910. The van der Waals surface area contributed by atoms with Crippen LogP contribution in [0.5, 0.6) is 0 Å². The predicted molar refractivity (Wildman–Crippen MR) is 55.8 cm³/mol. The number of rotatable bonds is 5. The maximum Gasteiger partial charge on any atom is 0.255 e. The quantitative estimate of drug-likeness (QED) is 0.756. The molecule has 5 nitrogen and oxygen atoms in total. The van der Waals surface area contributed by atoms with Crippen LogP contribution in [0.3, 0.4) is 0 Å². The minimum absolute atomic E-state index is 0.173. The molecule has 1 aromatic rings. The van der Waals surface area contributed by atoms with E-state index >= 15 is 0 Å². The van der Waals surface area contributed by atoms with E-state index in [4.69, 9.17) is 0 Å². The van der Waals surface area contributed by atoms with Crippen LogP contribution in [0.2, 0.25) is 0 Å². The molecule has 1 saturated carbocycles. The van der Waals surface area contributed by atoms with Gasteiger partial charge in [-0.25, -0.2) is 13.4 Å². The maximum atomic E-state index is 11.6. The molecule has 1 aliphatic rings. The zero-order chi connectivity index (χ0) is 10.7. The molecule has 84 valence electrons. The van der Waals surface area contributed by atoms with Gasteiger partial charge >= 0.3 is 0 Å². The van der Waals surface area contributed by atoms with Gasteiger partial charge < -0.3 is 0 Å². The monoisotopic (exact) mass is 229 g/mol. The second-order valence-corrected chi connectivity index (χ2v) is 5.97. The van der Waals surface area contributed by atoms with Gasteiger partial charge in [-0.15, -0.1) is 9.19 Å². The van der Waals surface area contributed by atoms with Crippen LogP contribution in [0.15, 0.2) is 12.7 Å². The molecular weight excluding hydrogens is 214 g/mol. The van der Waals surface area contributed by atoms with Gasteiger partial charge in [0.25, 0.3) is 10.0 Å². The lowest BCUT2D eigenvalue weighted by atomic mass is 9.82. The second-order valence-electron chi connectivity index (χ2n) is 4.02. The minimum Gasteiger partial charge on any atom is -0.222 e. The molecule has 0 N–H and O–H groups in total. The normalized spacial score (nSPS) is 17.6. The highest BCUT2D eigenvalue weighted by molar-refractivity contribution is 7.89. The molecule has 2 rings (SSSR count). The molecule has 1 fully saturated rings. The minimum atomic E-state index is -3.25. The van der Waals surface area contributed by atoms with Crippen LogP contribution in [-0.4, -0.2) is 28.3 Å². The average molecular weight is 229 g/mol. The van der Waals surface area contributed by atoms with E-state index in [1.807, 2.05) is 0 Å². The molecule has 1 aliphatic carbocycles. The summed E-state index contributed by atoms with van der Waals surface area (Å²) in [5, 5.41) is 3.64. The molecule has 15 heavy (non-hydrogen) atoms. The fourth-order valence-electron chi connectivity index (χ4n) is 1.77. The number of hydrogen-bond donors (Lipinski definition) is 0. The SMILES string of the molecule is O=S(=O)(CCCC1CCC1)n1cncn1. The molecule has 0 atom stereocenters. The fraction of sp³-hybridized carbons (Fsp3) is 0.778. The van der Waals surface area contributed by atoms with E-state index < -0.39 is 10.0 Å². The van der Waals surface area contributed by atoms with Crippen molar-refractivity contribution in [2.75, 3.05) is 5.75 Å². The van der Waals surface area contributed by atoms with Gasteiger partial charge in [-0.05, 0) is 18.8 Å². The molecule has 0 spiro atoms. The van der Waals surface area contributed by atoms with Crippen molar-refractivity contribution in [1.29, 1.82) is 0 Å². The Bertz CT molecular complexity index is 395. The first-order valence-corrected chi connectivity index (χ1v) is 6.87. The molecule has 6 heteroatoms. The van der Waals surface area contributed by atoms with Crippen LogP contribution < -0.4 is 0 Å². The third-order valence-electron chi connectivity index (χ3n) is 2.92. The van der Waals surface area contributed by atoms with Crippen molar-refractivity contribution in [1.82, 2.24) is 14.2 Å². The van der Waals surface area contributed by atoms with E-state index in [0.29, 0.717) is 0 Å². The van der Waals surface area contributed by atoms with Crippen molar-refractivity contribution in [3.05, 3.63) is 12.7 Å². The molecular formula is C9H15N3O2S. The first kappa shape index (κ1) is 10.6. The molecule has 0 saturated heterocycles. The zero-order valence-electron chi connectivity index (χ0n) is 8.54. The van der Waals surface area contributed by atoms with Gasteiger partial charge in [-0.3, -0.25) is 0 Å². The van der Waals surface area contributed by atoms with Gasteiger partial charge in [0.05, 0.1) is 5.75 Å². The van der Waals surface area contributed by atoms with Crippen LogP contribution in [0.4, 0.5) is 0 Å². The Kier molecular flexibility index (Phi) is 3.04. The van der Waals surface area contributed by atoms with Gasteiger partial charge in [-0.2, -0.15) is 0 Å². The number of hydrogen-bond acceptors (Lipinski definition) is 4. The van der Waals surface area contributed by atoms with Crippen LogP contribution in [0, 0.1) is 5.92 Å². The summed E-state index contributed by atoms with van der Waals surface area (Å²) >= 11 is 0. The average Bonchev–Trinajstić information content (AvgIpc) is 2.62. The summed E-state index contributed by atoms with van der Waals surface area (Å²) in [5.41, 5.74) is 0. The van der Waals surface area contributed by atoms with E-state index in [0.717, 1.165) is 22.8 Å². The Balaban J connectivity index is 1.82. The summed E-state index contributed by atoms with van der Waals surface area (Å²) < 4.78 is 24.2. The maximum absolute atomic E-state index is 11.6. The molecule has 1 heterocycles. The fourth-order valence-corrected chi connectivity index (χ4v) is 2.87. The van der Waals surface area contributed by atoms with Gasteiger partial charge in [0.1, 0.15) is 12.7 Å². The summed E-state index contributed by atoms with van der Waals surface area (Å²) in [6, 6.07) is 0. The standard InChI is InChI=1S/C9H15N3O2S/c13-15(14,12-8-10-7-11-12)6-2-5-9-3-1-4-9/h7-9H,1-6H2. The van der Waals surface area contributed by atoms with Crippen LogP contribution in [0.1, 0.15) is 32.1 Å². The van der Waals surface area contributed by atoms with Crippen molar-refractivity contribution in [2.45, 2.75) is 32.1 Å². The lowest BCUT2D eigenvalue weighted by molar-refractivity contribution is 0.294. The van der Waals surface area contributed by atoms with Crippen molar-refractivity contribution in [3.63, 3.8) is 0 Å². The van der Waals surface area contributed by atoms with E-state index in [2.05, 4.69) is 10.1 Å². The van der Waals surface area contributed by atoms with Gasteiger partial charge in [0, 0.05) is 0 Å². The van der Waals surface area contributed by atoms with E-state index in [-0.39, 0.29) is 5.75 Å². The highest BCUT2D eigenvalue weighted by Gasteiger charge is 2.19. The molecule has 0 bridgehead atoms. The third kappa shape index (κ3) is 2.56. The first-order valence-electron chi connectivity index (χ1n) is 5.26. The van der Waals surface area contributed by atoms with Crippen molar-refractivity contribution >= 4 is 10.0 Å². The van der Waals surface area contributed by atoms with Crippen LogP contribution in [0.25, 0.3) is 0 Å². The Morgan fingerprint density at radius 1 is 1.40 bits per heavy atom. The highest BCUT2D eigenvalue weighted by atomic mass is 32.2. The largest absolute Gasteiger partial charge is 0.255 e. The Morgan fingerprint density at radius 2 is 2.20 bits per heavy atom. The molecule has 0 aliphatic heterocycles. The Morgan fingerprint density at radius 3 is 2.73 bits per heavy atom. The van der Waals surface area contributed by atoms with E-state index in [1.54, 1.807) is 0 Å².